The maximum absolute atomic E-state index is 11.7. The van der Waals surface area contributed by atoms with E-state index in [1.807, 2.05) is 6.07 Å². The summed E-state index contributed by atoms with van der Waals surface area (Å²) in [5.74, 6) is -0.423. The first-order valence-corrected chi connectivity index (χ1v) is 5.41. The Morgan fingerprint density at radius 3 is 2.94 bits per heavy atom. The molecule has 1 heterocycles. The van der Waals surface area contributed by atoms with Gasteiger partial charge in [-0.1, -0.05) is 21.1 Å². The number of hydrogen-bond acceptors (Lipinski definition) is 4. The third-order valence-corrected chi connectivity index (χ3v) is 2.51. The van der Waals surface area contributed by atoms with E-state index >= 15 is 0 Å². The van der Waals surface area contributed by atoms with Gasteiger partial charge in [0.1, 0.15) is 12.3 Å². The van der Waals surface area contributed by atoms with Crippen LogP contribution in [-0.2, 0) is 0 Å². The highest BCUT2D eigenvalue weighted by Gasteiger charge is 2.11. The van der Waals surface area contributed by atoms with E-state index in [1.165, 1.54) is 12.3 Å². The number of aromatic nitrogens is 1. The average molecular weight is 292 g/mol. The Balaban J connectivity index is 2.27. The van der Waals surface area contributed by atoms with Crippen molar-refractivity contribution >= 4 is 27.5 Å². The maximum Gasteiger partial charge on any atom is 0.277 e. The SMILES string of the molecule is N#Cc1ccc(Br)cc1NC(=O)c1ccon1. The molecular weight excluding hydrogens is 286 g/mol. The van der Waals surface area contributed by atoms with Crippen LogP contribution in [0.1, 0.15) is 16.1 Å². The molecule has 1 aromatic carbocycles. The summed E-state index contributed by atoms with van der Waals surface area (Å²) in [5, 5.41) is 15.0. The Morgan fingerprint density at radius 1 is 1.47 bits per heavy atom. The van der Waals surface area contributed by atoms with Crippen LogP contribution in [-0.4, -0.2) is 11.1 Å². The lowest BCUT2D eigenvalue weighted by atomic mass is 10.2. The van der Waals surface area contributed by atoms with Crippen LogP contribution in [0.2, 0.25) is 0 Å². The van der Waals surface area contributed by atoms with Crippen LogP contribution in [0.4, 0.5) is 5.69 Å². The van der Waals surface area contributed by atoms with Gasteiger partial charge in [0.25, 0.3) is 5.91 Å². The summed E-state index contributed by atoms with van der Waals surface area (Å²) in [5.41, 5.74) is 0.966. The predicted octanol–water partition coefficient (Wildman–Crippen LogP) is 2.56. The number of benzene rings is 1. The number of carbonyl (C=O) groups is 1. The van der Waals surface area contributed by atoms with Crippen LogP contribution in [0, 0.1) is 11.3 Å². The number of amides is 1. The lowest BCUT2D eigenvalue weighted by molar-refractivity contribution is 0.101. The van der Waals surface area contributed by atoms with Gasteiger partial charge in [0.05, 0.1) is 11.3 Å². The molecule has 6 heteroatoms. The molecule has 0 saturated heterocycles. The van der Waals surface area contributed by atoms with Crippen LogP contribution in [0.25, 0.3) is 0 Å². The van der Waals surface area contributed by atoms with Gasteiger partial charge in [-0.15, -0.1) is 0 Å². The number of anilines is 1. The topological polar surface area (TPSA) is 78.9 Å². The molecule has 84 valence electrons. The van der Waals surface area contributed by atoms with Crippen molar-refractivity contribution in [2.45, 2.75) is 0 Å². The van der Waals surface area contributed by atoms with Gasteiger partial charge in [-0.3, -0.25) is 4.79 Å². The minimum atomic E-state index is -0.423. The van der Waals surface area contributed by atoms with Gasteiger partial charge in [-0.05, 0) is 18.2 Å². The molecule has 1 amide bonds. The summed E-state index contributed by atoms with van der Waals surface area (Å²) in [6.45, 7) is 0. The third-order valence-electron chi connectivity index (χ3n) is 2.02. The molecule has 0 unspecified atom stereocenters. The molecule has 0 radical (unpaired) electrons. The minimum absolute atomic E-state index is 0.161. The van der Waals surface area contributed by atoms with E-state index in [0.717, 1.165) is 4.47 Å². The summed E-state index contributed by atoms with van der Waals surface area (Å²) in [7, 11) is 0. The fourth-order valence-electron chi connectivity index (χ4n) is 1.23. The van der Waals surface area contributed by atoms with Crippen LogP contribution >= 0.6 is 15.9 Å². The zero-order valence-corrected chi connectivity index (χ0v) is 10.1. The molecule has 2 aromatic rings. The fraction of sp³-hybridized carbons (Fsp3) is 0. The van der Waals surface area contributed by atoms with Crippen LogP contribution in [0.5, 0.6) is 0 Å². The molecule has 1 aromatic heterocycles. The van der Waals surface area contributed by atoms with Crippen molar-refractivity contribution < 1.29 is 9.32 Å². The van der Waals surface area contributed by atoms with E-state index in [-0.39, 0.29) is 5.69 Å². The molecule has 0 aliphatic rings. The van der Waals surface area contributed by atoms with Crippen molar-refractivity contribution in [3.05, 3.63) is 46.3 Å². The van der Waals surface area contributed by atoms with Crippen LogP contribution in [0.3, 0.4) is 0 Å². The molecule has 0 bridgehead atoms. The normalized spacial score (nSPS) is 9.65. The van der Waals surface area contributed by atoms with E-state index in [9.17, 15) is 4.79 Å². The molecule has 0 fully saturated rings. The number of rotatable bonds is 2. The largest absolute Gasteiger partial charge is 0.364 e. The summed E-state index contributed by atoms with van der Waals surface area (Å²) < 4.78 is 5.34. The molecule has 1 N–H and O–H groups in total. The summed E-state index contributed by atoms with van der Waals surface area (Å²) >= 11 is 3.27. The highest BCUT2D eigenvalue weighted by atomic mass is 79.9. The van der Waals surface area contributed by atoms with Gasteiger partial charge in [-0.25, -0.2) is 0 Å². The standard InChI is InChI=1S/C11H6BrN3O2/c12-8-2-1-7(6-13)10(5-8)14-11(16)9-3-4-17-15-9/h1-5H,(H,14,16). The molecule has 5 nitrogen and oxygen atoms in total. The third kappa shape index (κ3) is 2.52. The van der Waals surface area contributed by atoms with Gasteiger partial charge < -0.3 is 9.84 Å². The monoisotopic (exact) mass is 291 g/mol. The minimum Gasteiger partial charge on any atom is -0.364 e. The lowest BCUT2D eigenvalue weighted by Crippen LogP contribution is -2.13. The molecule has 0 spiro atoms. The Bertz CT molecular complexity index is 587. The Kier molecular flexibility index (Phi) is 3.21. The van der Waals surface area contributed by atoms with E-state index in [1.54, 1.807) is 18.2 Å². The first kappa shape index (κ1) is 11.4. The van der Waals surface area contributed by atoms with Crippen LogP contribution in [0.15, 0.2) is 39.5 Å². The van der Waals surface area contributed by atoms with Crippen molar-refractivity contribution in [2.24, 2.45) is 0 Å². The number of nitrogens with one attached hydrogen (secondary N) is 1. The second kappa shape index (κ2) is 4.80. The van der Waals surface area contributed by atoms with Crippen molar-refractivity contribution in [3.8, 4) is 6.07 Å². The first-order chi connectivity index (χ1) is 8.20. The van der Waals surface area contributed by atoms with Gasteiger partial charge in [-0.2, -0.15) is 5.26 Å². The van der Waals surface area contributed by atoms with Gasteiger partial charge >= 0.3 is 0 Å². The number of halogens is 1. The summed E-state index contributed by atoms with van der Waals surface area (Å²) in [4.78, 5) is 11.7. The van der Waals surface area contributed by atoms with E-state index < -0.39 is 5.91 Å². The highest BCUT2D eigenvalue weighted by Crippen LogP contribution is 2.21. The molecule has 0 aliphatic carbocycles. The lowest BCUT2D eigenvalue weighted by Gasteiger charge is -2.05. The number of nitrogens with zero attached hydrogens (tertiary/aromatic N) is 2. The van der Waals surface area contributed by atoms with Crippen molar-refractivity contribution in [3.63, 3.8) is 0 Å². The van der Waals surface area contributed by atoms with Crippen molar-refractivity contribution in [1.82, 2.24) is 5.16 Å². The molecule has 2 rings (SSSR count). The quantitative estimate of drug-likeness (QED) is 0.922. The van der Waals surface area contributed by atoms with Crippen LogP contribution < -0.4 is 5.32 Å². The number of hydrogen-bond donors (Lipinski definition) is 1. The molecule has 0 atom stereocenters. The first-order valence-electron chi connectivity index (χ1n) is 4.62. The zero-order chi connectivity index (χ0) is 12.3. The smallest absolute Gasteiger partial charge is 0.277 e. The molecule has 0 aliphatic heterocycles. The highest BCUT2D eigenvalue weighted by molar-refractivity contribution is 9.10. The average Bonchev–Trinajstić information content (AvgIpc) is 2.83. The summed E-state index contributed by atoms with van der Waals surface area (Å²) in [6, 6.07) is 8.43. The number of carbonyl (C=O) groups excluding carboxylic acids is 1. The second-order valence-electron chi connectivity index (χ2n) is 3.14. The molecule has 0 saturated carbocycles. The Labute approximate surface area is 105 Å². The van der Waals surface area contributed by atoms with Gasteiger partial charge in [0.2, 0.25) is 0 Å². The molecular formula is C11H6BrN3O2. The summed E-state index contributed by atoms with van der Waals surface area (Å²) in [6.07, 6.45) is 1.31. The zero-order valence-electron chi connectivity index (χ0n) is 8.48. The van der Waals surface area contributed by atoms with Gasteiger partial charge in [0, 0.05) is 10.5 Å². The van der Waals surface area contributed by atoms with E-state index in [4.69, 9.17) is 5.26 Å². The fourth-order valence-corrected chi connectivity index (χ4v) is 1.59. The molecule has 17 heavy (non-hydrogen) atoms. The maximum atomic E-state index is 11.7. The van der Waals surface area contributed by atoms with E-state index in [0.29, 0.717) is 11.3 Å². The van der Waals surface area contributed by atoms with Gasteiger partial charge in [0.15, 0.2) is 5.69 Å². The van der Waals surface area contributed by atoms with Crippen molar-refractivity contribution in [2.75, 3.05) is 5.32 Å². The number of nitriles is 1. The van der Waals surface area contributed by atoms with Crippen molar-refractivity contribution in [1.29, 1.82) is 5.26 Å². The van der Waals surface area contributed by atoms with E-state index in [2.05, 4.69) is 30.9 Å². The predicted molar refractivity (Wildman–Crippen MR) is 63.3 cm³/mol. The Hall–Kier alpha value is -2.13. The second-order valence-corrected chi connectivity index (χ2v) is 4.06. The Morgan fingerprint density at radius 2 is 2.29 bits per heavy atom.